The van der Waals surface area contributed by atoms with Crippen LogP contribution in [0.2, 0.25) is 0 Å². The highest BCUT2D eigenvalue weighted by atomic mass is 16.5. The lowest BCUT2D eigenvalue weighted by Gasteiger charge is -2.43. The second-order valence-corrected chi connectivity index (χ2v) is 7.92. The van der Waals surface area contributed by atoms with E-state index in [1.165, 1.54) is 0 Å². The Morgan fingerprint density at radius 1 is 1.38 bits per heavy atom. The molecule has 3 rings (SSSR count). The third-order valence-corrected chi connectivity index (χ3v) is 5.75. The molecule has 1 aromatic carbocycles. The molecule has 2 N–H and O–H groups in total. The number of hydrogen-bond donors (Lipinski definition) is 2. The van der Waals surface area contributed by atoms with Gasteiger partial charge in [-0.15, -0.1) is 0 Å². The minimum Gasteiger partial charge on any atom is -0.493 e. The van der Waals surface area contributed by atoms with E-state index in [1.807, 2.05) is 24.3 Å². The van der Waals surface area contributed by atoms with Crippen LogP contribution in [0.3, 0.4) is 0 Å². The quantitative estimate of drug-likeness (QED) is 0.891. The summed E-state index contributed by atoms with van der Waals surface area (Å²) in [5.41, 5.74) is -0.104. The van der Waals surface area contributed by atoms with Crippen LogP contribution in [0.15, 0.2) is 24.3 Å². The Labute approximate surface area is 144 Å². The van der Waals surface area contributed by atoms with Gasteiger partial charge in [0.05, 0.1) is 6.61 Å². The van der Waals surface area contributed by atoms with E-state index in [0.717, 1.165) is 24.2 Å². The SMILES string of the molecule is CC1CCC(C(C)C)[C@@](O)(C(=O)NCC2COc3ccccc32)C1. The molecular weight excluding hydrogens is 302 g/mol. The summed E-state index contributed by atoms with van der Waals surface area (Å²) < 4.78 is 5.68. The number of fused-ring (bicyclic) bond motifs is 1. The molecule has 1 aliphatic heterocycles. The highest BCUT2D eigenvalue weighted by molar-refractivity contribution is 5.85. The first-order valence-corrected chi connectivity index (χ1v) is 9.14. The van der Waals surface area contributed by atoms with Crippen molar-refractivity contribution < 1.29 is 14.6 Å². The lowest BCUT2D eigenvalue weighted by atomic mass is 9.66. The molecule has 0 aromatic heterocycles. The third-order valence-electron chi connectivity index (χ3n) is 5.75. The van der Waals surface area contributed by atoms with Gasteiger partial charge >= 0.3 is 0 Å². The molecule has 1 fully saturated rings. The summed E-state index contributed by atoms with van der Waals surface area (Å²) in [5, 5.41) is 14.2. The van der Waals surface area contributed by atoms with Gasteiger partial charge in [0.25, 0.3) is 5.91 Å². The summed E-state index contributed by atoms with van der Waals surface area (Å²) >= 11 is 0. The number of para-hydroxylation sites is 1. The molecule has 1 heterocycles. The summed E-state index contributed by atoms with van der Waals surface area (Å²) in [7, 11) is 0. The van der Waals surface area contributed by atoms with Crippen LogP contribution in [0.25, 0.3) is 0 Å². The van der Waals surface area contributed by atoms with E-state index in [4.69, 9.17) is 4.74 Å². The molecule has 2 aliphatic rings. The van der Waals surface area contributed by atoms with Gasteiger partial charge in [-0.2, -0.15) is 0 Å². The predicted octanol–water partition coefficient (Wildman–Crippen LogP) is 3.10. The zero-order valence-electron chi connectivity index (χ0n) is 14.9. The molecule has 3 unspecified atom stereocenters. The number of ether oxygens (including phenoxy) is 1. The first-order chi connectivity index (χ1) is 11.4. The molecule has 1 amide bonds. The Hall–Kier alpha value is -1.55. The van der Waals surface area contributed by atoms with E-state index in [2.05, 4.69) is 26.1 Å². The fraction of sp³-hybridized carbons (Fsp3) is 0.650. The van der Waals surface area contributed by atoms with Crippen molar-refractivity contribution in [1.82, 2.24) is 5.32 Å². The maximum atomic E-state index is 12.8. The molecule has 1 aromatic rings. The van der Waals surface area contributed by atoms with Crippen LogP contribution < -0.4 is 10.1 Å². The maximum Gasteiger partial charge on any atom is 0.252 e. The predicted molar refractivity (Wildman–Crippen MR) is 94.0 cm³/mol. The molecule has 24 heavy (non-hydrogen) atoms. The third kappa shape index (κ3) is 3.16. The number of carbonyl (C=O) groups is 1. The number of nitrogens with one attached hydrogen (secondary N) is 1. The van der Waals surface area contributed by atoms with Crippen molar-refractivity contribution in [2.45, 2.75) is 51.6 Å². The van der Waals surface area contributed by atoms with Crippen molar-refractivity contribution >= 4 is 5.91 Å². The van der Waals surface area contributed by atoms with Gasteiger partial charge in [0.1, 0.15) is 11.4 Å². The van der Waals surface area contributed by atoms with E-state index in [-0.39, 0.29) is 17.7 Å². The van der Waals surface area contributed by atoms with Crippen molar-refractivity contribution in [3.8, 4) is 5.75 Å². The average molecular weight is 331 g/mol. The van der Waals surface area contributed by atoms with Crippen LogP contribution in [-0.2, 0) is 4.79 Å². The summed E-state index contributed by atoms with van der Waals surface area (Å²) in [4.78, 5) is 12.8. The van der Waals surface area contributed by atoms with Gasteiger partial charge in [0.2, 0.25) is 0 Å². The van der Waals surface area contributed by atoms with Crippen LogP contribution >= 0.6 is 0 Å². The van der Waals surface area contributed by atoms with Crippen LogP contribution in [0.4, 0.5) is 0 Å². The molecular formula is C20H29NO3. The number of hydrogen-bond acceptors (Lipinski definition) is 3. The minimum atomic E-state index is -1.25. The number of benzene rings is 1. The first-order valence-electron chi connectivity index (χ1n) is 9.14. The van der Waals surface area contributed by atoms with E-state index in [9.17, 15) is 9.90 Å². The van der Waals surface area contributed by atoms with Crippen molar-refractivity contribution in [1.29, 1.82) is 0 Å². The Balaban J connectivity index is 1.67. The minimum absolute atomic E-state index is 0.0285. The molecule has 4 nitrogen and oxygen atoms in total. The standard InChI is InChI=1S/C20H29NO3/c1-13(2)17-9-8-14(3)10-20(17,23)19(22)21-11-15-12-24-18-7-5-4-6-16(15)18/h4-7,13-15,17,23H,8-12H2,1-3H3,(H,21,22)/t14?,15?,17?,20-/m1/s1. The monoisotopic (exact) mass is 331 g/mol. The second-order valence-electron chi connectivity index (χ2n) is 7.92. The fourth-order valence-corrected chi connectivity index (χ4v) is 4.40. The van der Waals surface area contributed by atoms with Gasteiger partial charge in [-0.1, -0.05) is 45.4 Å². The molecule has 132 valence electrons. The summed E-state index contributed by atoms with van der Waals surface area (Å²) in [6, 6.07) is 7.96. The van der Waals surface area contributed by atoms with Crippen LogP contribution in [0, 0.1) is 17.8 Å². The van der Waals surface area contributed by atoms with Crippen molar-refractivity contribution in [2.24, 2.45) is 17.8 Å². The van der Waals surface area contributed by atoms with Gasteiger partial charge in [-0.25, -0.2) is 0 Å². The highest BCUT2D eigenvalue weighted by Crippen LogP contribution is 2.41. The molecule has 1 aliphatic carbocycles. The lowest BCUT2D eigenvalue weighted by Crippen LogP contribution is -2.56. The molecule has 0 bridgehead atoms. The second kappa shape index (κ2) is 6.75. The molecule has 0 spiro atoms. The lowest BCUT2D eigenvalue weighted by molar-refractivity contribution is -0.155. The van der Waals surface area contributed by atoms with E-state index >= 15 is 0 Å². The van der Waals surface area contributed by atoms with E-state index < -0.39 is 5.60 Å². The Morgan fingerprint density at radius 2 is 2.12 bits per heavy atom. The van der Waals surface area contributed by atoms with Gasteiger partial charge < -0.3 is 15.2 Å². The fourth-order valence-electron chi connectivity index (χ4n) is 4.40. The molecule has 1 saturated carbocycles. The van der Waals surface area contributed by atoms with Gasteiger partial charge in [-0.3, -0.25) is 4.79 Å². The largest absolute Gasteiger partial charge is 0.493 e. The number of aliphatic hydroxyl groups is 1. The zero-order valence-corrected chi connectivity index (χ0v) is 14.9. The Bertz CT molecular complexity index is 600. The molecule has 4 heteroatoms. The van der Waals surface area contributed by atoms with Crippen molar-refractivity contribution in [3.05, 3.63) is 29.8 Å². The van der Waals surface area contributed by atoms with Crippen LogP contribution in [-0.4, -0.2) is 29.8 Å². The first kappa shape index (κ1) is 17.3. The normalized spacial score (nSPS) is 32.3. The van der Waals surface area contributed by atoms with E-state index in [0.29, 0.717) is 31.4 Å². The van der Waals surface area contributed by atoms with Crippen LogP contribution in [0.1, 0.15) is 51.5 Å². The number of rotatable bonds is 4. The van der Waals surface area contributed by atoms with Crippen molar-refractivity contribution in [2.75, 3.05) is 13.2 Å². The Morgan fingerprint density at radius 3 is 2.88 bits per heavy atom. The maximum absolute atomic E-state index is 12.8. The van der Waals surface area contributed by atoms with Gasteiger partial charge in [-0.05, 0) is 36.7 Å². The summed E-state index contributed by atoms with van der Waals surface area (Å²) in [6.07, 6.45) is 2.56. The van der Waals surface area contributed by atoms with Crippen molar-refractivity contribution in [3.63, 3.8) is 0 Å². The summed E-state index contributed by atoms with van der Waals surface area (Å²) in [6.45, 7) is 7.41. The molecule has 0 saturated heterocycles. The van der Waals surface area contributed by atoms with Crippen LogP contribution in [0.5, 0.6) is 5.75 Å². The number of amides is 1. The average Bonchev–Trinajstić information content (AvgIpc) is 2.95. The zero-order chi connectivity index (χ0) is 17.3. The Kier molecular flexibility index (Phi) is 4.86. The van der Waals surface area contributed by atoms with E-state index in [1.54, 1.807) is 0 Å². The molecule has 4 atom stereocenters. The highest BCUT2D eigenvalue weighted by Gasteiger charge is 2.48. The van der Waals surface area contributed by atoms with Gasteiger partial charge in [0, 0.05) is 18.0 Å². The smallest absolute Gasteiger partial charge is 0.252 e. The molecule has 0 radical (unpaired) electrons. The van der Waals surface area contributed by atoms with Gasteiger partial charge in [0.15, 0.2) is 0 Å². The topological polar surface area (TPSA) is 58.6 Å². The summed E-state index contributed by atoms with van der Waals surface area (Å²) in [5.74, 6) is 1.56. The number of carbonyl (C=O) groups excluding carboxylic acids is 1.